The molecule has 0 amide bonds. The maximum Gasteiger partial charge on any atom is 0.252 e. The van der Waals surface area contributed by atoms with E-state index in [1.807, 2.05) is 0 Å². The maximum absolute atomic E-state index is 2.83. The van der Waals surface area contributed by atoms with E-state index in [0.717, 1.165) is 0 Å². The van der Waals surface area contributed by atoms with Crippen LogP contribution in [0.3, 0.4) is 0 Å². The zero-order chi connectivity index (χ0) is 61.5. The fourth-order valence-corrected chi connectivity index (χ4v) is 16.5. The predicted molar refractivity (Wildman–Crippen MR) is 376 cm³/mol. The van der Waals surface area contributed by atoms with Crippen molar-refractivity contribution in [3.05, 3.63) is 201 Å². The van der Waals surface area contributed by atoms with Gasteiger partial charge in [0, 0.05) is 54.9 Å². The highest BCUT2D eigenvalue weighted by Crippen LogP contribution is 2.63. The topological polar surface area (TPSA) is 14.8 Å². The van der Waals surface area contributed by atoms with Gasteiger partial charge in [-0.05, 0) is 181 Å². The van der Waals surface area contributed by atoms with Gasteiger partial charge < -0.3 is 13.7 Å². The Morgan fingerprint density at radius 2 is 0.805 bits per heavy atom. The summed E-state index contributed by atoms with van der Waals surface area (Å²) < 4.78 is 8.24. The summed E-state index contributed by atoms with van der Waals surface area (Å²) in [5.74, 6) is 0. The molecule has 436 valence electrons. The van der Waals surface area contributed by atoms with Crippen molar-refractivity contribution in [3.8, 4) is 28.2 Å². The van der Waals surface area contributed by atoms with E-state index in [4.69, 9.17) is 0 Å². The number of nitrogens with zero attached hydrogens (tertiary/aromatic N) is 3. The van der Waals surface area contributed by atoms with Gasteiger partial charge in [-0.25, -0.2) is 0 Å². The summed E-state index contributed by atoms with van der Waals surface area (Å²) in [7, 11) is 0. The fraction of sp³-hybridized carbons (Fsp3) is 0.349. The monoisotopic (exact) mass is 1140 g/mol. The molecule has 1 spiro atoms. The molecule has 4 heteroatoms. The maximum atomic E-state index is 2.83. The highest BCUT2D eigenvalue weighted by atomic mass is 15.1. The SMILES string of the molecule is CC(C)(C)c1cccc(-n2c3cc(C(C)(C)C)ccc3c3c4c5cc(C(C)(C)C)ccc5n5c4c(cc32)B2c3c-5ccc4c3-n3c5c2cc(C(C)(C)C)cc5c2cc(C(C)(C)C)cc(c23)C42c3cc(C(C)(C)C)ccc3-c3ccc(C(C)(C)C)cc32)c1. The summed E-state index contributed by atoms with van der Waals surface area (Å²) in [6.45, 7) is 50.1. The predicted octanol–water partition coefficient (Wildman–Crippen LogP) is 19.9. The summed E-state index contributed by atoms with van der Waals surface area (Å²) >= 11 is 0. The molecular formula is C83H86BN3. The van der Waals surface area contributed by atoms with Crippen LogP contribution in [0.1, 0.15) is 207 Å². The Kier molecular flexibility index (Phi) is 10.4. The minimum Gasteiger partial charge on any atom is -0.310 e. The lowest BCUT2D eigenvalue weighted by Gasteiger charge is -2.45. The Morgan fingerprint density at radius 1 is 0.310 bits per heavy atom. The van der Waals surface area contributed by atoms with Crippen molar-refractivity contribution >= 4 is 88.5 Å². The lowest BCUT2D eigenvalue weighted by atomic mass is 9.33. The van der Waals surface area contributed by atoms with Crippen LogP contribution in [0.15, 0.2) is 140 Å². The van der Waals surface area contributed by atoms with E-state index in [2.05, 4.69) is 299 Å². The van der Waals surface area contributed by atoms with E-state index in [0.29, 0.717) is 0 Å². The van der Waals surface area contributed by atoms with Crippen LogP contribution in [0.2, 0.25) is 0 Å². The van der Waals surface area contributed by atoms with Gasteiger partial charge >= 0.3 is 0 Å². The van der Waals surface area contributed by atoms with Gasteiger partial charge in [-0.2, -0.15) is 0 Å². The molecule has 0 atom stereocenters. The molecule has 3 aromatic heterocycles. The molecule has 3 nitrogen and oxygen atoms in total. The summed E-state index contributed by atoms with van der Waals surface area (Å²) in [6.07, 6.45) is 0. The van der Waals surface area contributed by atoms with Crippen molar-refractivity contribution < 1.29 is 0 Å². The summed E-state index contributed by atoms with van der Waals surface area (Å²) in [5, 5.41) is 8.05. The van der Waals surface area contributed by atoms with Gasteiger partial charge in [-0.3, -0.25) is 0 Å². The Morgan fingerprint density at radius 3 is 1.40 bits per heavy atom. The number of fused-ring (bicyclic) bond motifs is 18. The first-order valence-corrected chi connectivity index (χ1v) is 32.4. The quantitative estimate of drug-likeness (QED) is 0.146. The molecule has 0 bridgehead atoms. The summed E-state index contributed by atoms with van der Waals surface area (Å²) in [4.78, 5) is 0. The van der Waals surface area contributed by atoms with E-state index in [9.17, 15) is 0 Å². The van der Waals surface area contributed by atoms with Crippen molar-refractivity contribution in [1.82, 2.24) is 13.7 Å². The highest BCUT2D eigenvalue weighted by molar-refractivity contribution is 7.00. The van der Waals surface area contributed by atoms with Crippen molar-refractivity contribution in [1.29, 1.82) is 0 Å². The minimum atomic E-state index is -0.647. The Hall–Kier alpha value is -7.56. The zero-order valence-electron chi connectivity index (χ0n) is 55.7. The third-order valence-electron chi connectivity index (χ3n) is 21.5. The van der Waals surface area contributed by atoms with E-state index in [1.165, 1.54) is 171 Å². The standard InChI is InChI=1S/C83H86BN3/c1-76(2,3)45-23-22-24-52(35-45)85-67-43-49(80(13,14)15)27-31-55(67)69-68(85)44-64-75-70(69)58-36-46(77(4,5)6)28-33-65(58)86(75)66-34-32-59-74-71(66)84(64)63-42-51(82(19,20)21)38-57-56-37-50(81(16,17)18)41-62(72(56)87(74)73(57)63)83(59)60-39-47(78(7,8)9)25-29-53(60)54-30-26-48(40-61(54)83)79(10,11)12/h22-44H,1-21H3. The number of rotatable bonds is 1. The Bertz CT molecular complexity index is 5060. The molecule has 9 aromatic carbocycles. The second kappa shape index (κ2) is 16.6. The van der Waals surface area contributed by atoms with Crippen LogP contribution in [-0.2, 0) is 43.3 Å². The second-order valence-electron chi connectivity index (χ2n) is 34.3. The fourth-order valence-electron chi connectivity index (χ4n) is 16.5. The van der Waals surface area contributed by atoms with Crippen molar-refractivity contribution in [3.63, 3.8) is 0 Å². The van der Waals surface area contributed by atoms with Crippen molar-refractivity contribution in [2.45, 2.75) is 189 Å². The molecular weight excluding hydrogens is 1050 g/mol. The number of benzene rings is 9. The van der Waals surface area contributed by atoms with Gasteiger partial charge in [0.15, 0.2) is 0 Å². The van der Waals surface area contributed by atoms with Gasteiger partial charge in [0.05, 0.1) is 33.0 Å². The first kappa shape index (κ1) is 54.8. The second-order valence-corrected chi connectivity index (χ2v) is 34.3. The van der Waals surface area contributed by atoms with Crippen molar-refractivity contribution in [2.75, 3.05) is 0 Å². The van der Waals surface area contributed by atoms with Gasteiger partial charge in [0.1, 0.15) is 0 Å². The van der Waals surface area contributed by atoms with Crippen LogP contribution in [0.25, 0.3) is 93.6 Å². The molecule has 87 heavy (non-hydrogen) atoms. The third-order valence-corrected chi connectivity index (χ3v) is 21.5. The van der Waals surface area contributed by atoms with Gasteiger partial charge in [-0.15, -0.1) is 0 Å². The number of aromatic nitrogens is 3. The van der Waals surface area contributed by atoms with Gasteiger partial charge in [0.25, 0.3) is 6.71 Å². The molecule has 0 radical (unpaired) electrons. The third kappa shape index (κ3) is 7.14. The van der Waals surface area contributed by atoms with Crippen molar-refractivity contribution in [2.24, 2.45) is 0 Å². The van der Waals surface area contributed by atoms with E-state index >= 15 is 0 Å². The van der Waals surface area contributed by atoms with E-state index < -0.39 is 5.41 Å². The van der Waals surface area contributed by atoms with Crippen LogP contribution < -0.4 is 16.4 Å². The molecule has 0 saturated carbocycles. The Balaban J connectivity index is 1.17. The van der Waals surface area contributed by atoms with E-state index in [1.54, 1.807) is 0 Å². The van der Waals surface area contributed by atoms with Gasteiger partial charge in [-0.1, -0.05) is 230 Å². The smallest absolute Gasteiger partial charge is 0.252 e. The molecule has 0 unspecified atom stereocenters. The average molecular weight is 1140 g/mol. The highest BCUT2D eigenvalue weighted by Gasteiger charge is 2.55. The molecule has 12 aromatic rings. The Labute approximate surface area is 516 Å². The van der Waals surface area contributed by atoms with Crippen LogP contribution >= 0.6 is 0 Å². The lowest BCUT2D eigenvalue weighted by molar-refractivity contribution is 0.583. The molecule has 0 fully saturated rings. The van der Waals surface area contributed by atoms with Crippen LogP contribution in [0.5, 0.6) is 0 Å². The molecule has 16 rings (SSSR count). The molecule has 0 saturated heterocycles. The first-order chi connectivity index (χ1) is 40.6. The number of hydrogen-bond donors (Lipinski definition) is 0. The largest absolute Gasteiger partial charge is 0.310 e. The lowest BCUT2D eigenvalue weighted by Crippen LogP contribution is -2.60. The molecule has 3 aliphatic heterocycles. The van der Waals surface area contributed by atoms with Crippen LogP contribution in [0, 0.1) is 0 Å². The zero-order valence-corrected chi connectivity index (χ0v) is 55.7. The molecule has 1 aliphatic carbocycles. The summed E-state index contributed by atoms with van der Waals surface area (Å²) in [6, 6.07) is 58.0. The van der Waals surface area contributed by atoms with Crippen LogP contribution in [0.4, 0.5) is 0 Å². The molecule has 6 heterocycles. The first-order valence-electron chi connectivity index (χ1n) is 32.4. The molecule has 0 N–H and O–H groups in total. The van der Waals surface area contributed by atoms with Crippen LogP contribution in [-0.4, -0.2) is 20.4 Å². The average Bonchev–Trinajstić information content (AvgIpc) is 1.53. The van der Waals surface area contributed by atoms with E-state index in [-0.39, 0.29) is 44.6 Å². The summed E-state index contributed by atoms with van der Waals surface area (Å²) in [5.41, 5.74) is 32.6. The number of hydrogen-bond acceptors (Lipinski definition) is 0. The minimum absolute atomic E-state index is 0.0397. The van der Waals surface area contributed by atoms with Gasteiger partial charge in [0.2, 0.25) is 0 Å². The normalized spacial score (nSPS) is 15.3. The molecule has 4 aliphatic rings.